The quantitative estimate of drug-likeness (QED) is 0.670. The van der Waals surface area contributed by atoms with Crippen LogP contribution in [0.2, 0.25) is 0 Å². The van der Waals surface area contributed by atoms with Crippen molar-refractivity contribution in [2.45, 2.75) is 44.4 Å². The molecular formula is C9H13F3O. The number of hydrogen-bond donors (Lipinski definition) is 1. The average Bonchev–Trinajstić information content (AvgIpc) is 2.04. The van der Waals surface area contributed by atoms with E-state index in [1.54, 1.807) is 0 Å². The highest BCUT2D eigenvalue weighted by molar-refractivity contribution is 5.06. The van der Waals surface area contributed by atoms with Crippen molar-refractivity contribution in [1.82, 2.24) is 0 Å². The first-order valence-electron chi connectivity index (χ1n) is 4.43. The normalized spacial score (nSPS) is 21.1. The minimum absolute atomic E-state index is 0.247. The number of aliphatic hydroxyl groups is 1. The van der Waals surface area contributed by atoms with E-state index in [0.29, 0.717) is 6.42 Å². The molecule has 0 aromatic carbocycles. The van der Waals surface area contributed by atoms with Crippen LogP contribution in [-0.4, -0.2) is 17.4 Å². The standard InChI is InChI=1S/C9H13F3O/c10-9(11,12)8(13)6-7-4-2-1-3-5-7/h4,8,13H,1-3,5-6H2/t8-/m1/s1. The highest BCUT2D eigenvalue weighted by Crippen LogP contribution is 2.28. The lowest BCUT2D eigenvalue weighted by molar-refractivity contribution is -0.203. The van der Waals surface area contributed by atoms with Crippen molar-refractivity contribution < 1.29 is 18.3 Å². The Balaban J connectivity index is 2.43. The second kappa shape index (κ2) is 4.13. The fourth-order valence-electron chi connectivity index (χ4n) is 1.45. The van der Waals surface area contributed by atoms with Crippen molar-refractivity contribution >= 4 is 0 Å². The Labute approximate surface area is 75.3 Å². The van der Waals surface area contributed by atoms with Crippen LogP contribution < -0.4 is 0 Å². The van der Waals surface area contributed by atoms with E-state index in [1.165, 1.54) is 0 Å². The maximum Gasteiger partial charge on any atom is 0.414 e. The first kappa shape index (κ1) is 10.6. The van der Waals surface area contributed by atoms with Crippen LogP contribution in [0.1, 0.15) is 32.1 Å². The topological polar surface area (TPSA) is 20.2 Å². The van der Waals surface area contributed by atoms with Gasteiger partial charge in [0.1, 0.15) is 0 Å². The molecule has 1 atom stereocenters. The van der Waals surface area contributed by atoms with Crippen molar-refractivity contribution in [2.75, 3.05) is 0 Å². The summed E-state index contributed by atoms with van der Waals surface area (Å²) >= 11 is 0. The Morgan fingerprint density at radius 3 is 2.54 bits per heavy atom. The lowest BCUT2D eigenvalue weighted by Gasteiger charge is -2.18. The molecule has 0 heterocycles. The molecule has 0 saturated heterocycles. The van der Waals surface area contributed by atoms with Crippen molar-refractivity contribution in [2.24, 2.45) is 0 Å². The molecule has 0 radical (unpaired) electrons. The van der Waals surface area contributed by atoms with Gasteiger partial charge in [-0.25, -0.2) is 0 Å². The van der Waals surface area contributed by atoms with Gasteiger partial charge in [-0.1, -0.05) is 11.6 Å². The molecule has 0 spiro atoms. The molecule has 0 fully saturated rings. The van der Waals surface area contributed by atoms with E-state index in [9.17, 15) is 13.2 Å². The molecule has 1 nitrogen and oxygen atoms in total. The van der Waals surface area contributed by atoms with Gasteiger partial charge in [0, 0.05) is 6.42 Å². The van der Waals surface area contributed by atoms with Crippen LogP contribution >= 0.6 is 0 Å². The Bertz CT molecular complexity index is 196. The largest absolute Gasteiger partial charge is 0.414 e. The van der Waals surface area contributed by atoms with Gasteiger partial charge >= 0.3 is 6.18 Å². The molecule has 0 bridgehead atoms. The third kappa shape index (κ3) is 3.38. The van der Waals surface area contributed by atoms with Crippen LogP contribution in [0, 0.1) is 0 Å². The summed E-state index contributed by atoms with van der Waals surface area (Å²) in [7, 11) is 0. The molecule has 0 amide bonds. The second-order valence-electron chi connectivity index (χ2n) is 3.37. The molecule has 76 valence electrons. The number of halogens is 3. The van der Waals surface area contributed by atoms with Crippen molar-refractivity contribution in [3.05, 3.63) is 11.6 Å². The van der Waals surface area contributed by atoms with Gasteiger partial charge in [0.2, 0.25) is 0 Å². The Morgan fingerprint density at radius 2 is 2.08 bits per heavy atom. The highest BCUT2D eigenvalue weighted by atomic mass is 19.4. The lowest BCUT2D eigenvalue weighted by Crippen LogP contribution is -2.28. The van der Waals surface area contributed by atoms with E-state index in [4.69, 9.17) is 5.11 Å². The molecule has 0 aliphatic heterocycles. The third-order valence-corrected chi connectivity index (χ3v) is 2.22. The Kier molecular flexibility index (Phi) is 3.36. The molecule has 1 N–H and O–H groups in total. The van der Waals surface area contributed by atoms with Gasteiger partial charge in [-0.3, -0.25) is 0 Å². The van der Waals surface area contributed by atoms with Crippen LogP contribution in [0.15, 0.2) is 11.6 Å². The molecule has 0 saturated carbocycles. The molecule has 1 aliphatic rings. The number of aliphatic hydroxyl groups excluding tert-OH is 1. The Hall–Kier alpha value is -0.510. The summed E-state index contributed by atoms with van der Waals surface area (Å²) in [6.45, 7) is 0. The molecule has 0 unspecified atom stereocenters. The number of rotatable bonds is 2. The molecule has 13 heavy (non-hydrogen) atoms. The van der Waals surface area contributed by atoms with E-state index in [0.717, 1.165) is 24.8 Å². The molecule has 0 aromatic rings. The maximum atomic E-state index is 11.9. The van der Waals surface area contributed by atoms with Gasteiger partial charge in [0.05, 0.1) is 0 Å². The van der Waals surface area contributed by atoms with Crippen molar-refractivity contribution in [3.8, 4) is 0 Å². The SMILES string of the molecule is O[C@H](CC1=CCCCC1)C(F)(F)F. The van der Waals surface area contributed by atoms with Crippen molar-refractivity contribution in [1.29, 1.82) is 0 Å². The summed E-state index contributed by atoms with van der Waals surface area (Å²) in [5, 5.41) is 8.77. The molecule has 0 aromatic heterocycles. The van der Waals surface area contributed by atoms with Gasteiger partial charge in [-0.2, -0.15) is 13.2 Å². The van der Waals surface area contributed by atoms with Gasteiger partial charge in [0.25, 0.3) is 0 Å². The fourth-order valence-corrected chi connectivity index (χ4v) is 1.45. The monoisotopic (exact) mass is 194 g/mol. The molecular weight excluding hydrogens is 181 g/mol. The Morgan fingerprint density at radius 1 is 1.38 bits per heavy atom. The predicted molar refractivity (Wildman–Crippen MR) is 43.2 cm³/mol. The van der Waals surface area contributed by atoms with Crippen LogP contribution in [0.4, 0.5) is 13.2 Å². The number of hydrogen-bond acceptors (Lipinski definition) is 1. The van der Waals surface area contributed by atoms with Crippen LogP contribution in [0.5, 0.6) is 0 Å². The van der Waals surface area contributed by atoms with Crippen LogP contribution in [0.25, 0.3) is 0 Å². The van der Waals surface area contributed by atoms with Crippen molar-refractivity contribution in [3.63, 3.8) is 0 Å². The predicted octanol–water partition coefficient (Wildman–Crippen LogP) is 2.80. The minimum atomic E-state index is -4.47. The molecule has 4 heteroatoms. The first-order chi connectivity index (χ1) is 6.00. The van der Waals surface area contributed by atoms with Gasteiger partial charge in [-0.15, -0.1) is 0 Å². The summed E-state index contributed by atoms with van der Waals surface area (Å²) in [5.74, 6) is 0. The van der Waals surface area contributed by atoms with E-state index in [-0.39, 0.29) is 6.42 Å². The fraction of sp³-hybridized carbons (Fsp3) is 0.778. The summed E-state index contributed by atoms with van der Waals surface area (Å²) in [6.07, 6.45) is -1.55. The zero-order valence-corrected chi connectivity index (χ0v) is 7.27. The van der Waals surface area contributed by atoms with E-state index >= 15 is 0 Å². The van der Waals surface area contributed by atoms with Crippen LogP contribution in [0.3, 0.4) is 0 Å². The summed E-state index contributed by atoms with van der Waals surface area (Å²) < 4.78 is 35.8. The summed E-state index contributed by atoms with van der Waals surface area (Å²) in [5.41, 5.74) is 0.746. The molecule has 1 rings (SSSR count). The smallest absolute Gasteiger partial charge is 0.383 e. The molecule has 1 aliphatic carbocycles. The highest BCUT2D eigenvalue weighted by Gasteiger charge is 2.38. The average molecular weight is 194 g/mol. The van der Waals surface area contributed by atoms with E-state index in [1.807, 2.05) is 6.08 Å². The maximum absolute atomic E-state index is 11.9. The van der Waals surface area contributed by atoms with E-state index in [2.05, 4.69) is 0 Å². The van der Waals surface area contributed by atoms with Gasteiger partial charge in [0.15, 0.2) is 6.10 Å². The number of allylic oxidation sites excluding steroid dienone is 1. The zero-order chi connectivity index (χ0) is 9.90. The third-order valence-electron chi connectivity index (χ3n) is 2.22. The van der Waals surface area contributed by atoms with E-state index < -0.39 is 12.3 Å². The summed E-state index contributed by atoms with van der Waals surface area (Å²) in [6, 6.07) is 0. The lowest BCUT2D eigenvalue weighted by atomic mass is 9.95. The van der Waals surface area contributed by atoms with Gasteiger partial charge < -0.3 is 5.11 Å². The first-order valence-corrected chi connectivity index (χ1v) is 4.43. The summed E-state index contributed by atoms with van der Waals surface area (Å²) in [4.78, 5) is 0. The van der Waals surface area contributed by atoms with Gasteiger partial charge in [-0.05, 0) is 25.7 Å². The zero-order valence-electron chi connectivity index (χ0n) is 7.27. The minimum Gasteiger partial charge on any atom is -0.383 e. The second-order valence-corrected chi connectivity index (χ2v) is 3.37. The number of alkyl halides is 3. The van der Waals surface area contributed by atoms with Crippen LogP contribution in [-0.2, 0) is 0 Å².